The molecular formula is C113H185N7O20. The Kier molecular flexibility index (Phi) is 65.5. The molecular weight excluding hydrogens is 1780 g/mol. The average Bonchev–Trinajstić information content (AvgIpc) is 0.825. The molecule has 0 aromatic heterocycles. The van der Waals surface area contributed by atoms with Crippen molar-refractivity contribution in [3.63, 3.8) is 0 Å². The second-order valence-electron chi connectivity index (χ2n) is 37.7. The van der Waals surface area contributed by atoms with Crippen molar-refractivity contribution >= 4 is 41.5 Å². The highest BCUT2D eigenvalue weighted by atomic mass is 16.6. The van der Waals surface area contributed by atoms with Crippen LogP contribution in [0.3, 0.4) is 0 Å². The van der Waals surface area contributed by atoms with E-state index in [2.05, 4.69) is 182 Å². The van der Waals surface area contributed by atoms with E-state index in [0.29, 0.717) is 164 Å². The number of esters is 6. The fraction of sp³-hybridized carbons (Fsp3) is 0.628. The molecule has 8 atom stereocenters. The molecule has 792 valence electrons. The molecule has 6 aromatic carbocycles. The Bertz CT molecular complexity index is 4410. The number of hydrogen-bond acceptors (Lipinski definition) is 27. The molecule has 0 saturated carbocycles. The number of benzene rings is 6. The van der Waals surface area contributed by atoms with Crippen molar-refractivity contribution in [1.29, 1.82) is 0 Å². The predicted molar refractivity (Wildman–Crippen MR) is 567 cm³/mol. The molecule has 140 heavy (non-hydrogen) atoms. The Morgan fingerprint density at radius 2 is 0.657 bits per heavy atom. The molecule has 0 aliphatic carbocycles. The number of anilines is 1. The fourth-order valence-corrected chi connectivity index (χ4v) is 15.9. The van der Waals surface area contributed by atoms with Gasteiger partial charge in [-0.1, -0.05) is 210 Å². The highest BCUT2D eigenvalue weighted by Gasteiger charge is 2.30. The van der Waals surface area contributed by atoms with E-state index in [9.17, 15) is 49.2 Å². The lowest BCUT2D eigenvalue weighted by molar-refractivity contribution is 0.0268. The lowest BCUT2D eigenvalue weighted by Gasteiger charge is -2.33. The lowest BCUT2D eigenvalue weighted by Crippen LogP contribution is -2.43. The van der Waals surface area contributed by atoms with E-state index in [1.54, 1.807) is 54.6 Å². The zero-order valence-corrected chi connectivity index (χ0v) is 91.7. The van der Waals surface area contributed by atoms with Crippen LogP contribution in [-0.4, -0.2) is 269 Å². The van der Waals surface area contributed by atoms with E-state index < -0.39 is 17.9 Å². The summed E-state index contributed by atoms with van der Waals surface area (Å²) in [6.07, 6.45) is 9.43. The molecule has 0 amide bonds. The molecule has 0 heterocycles. The SMILES string of the molecule is CCCCOc1cc(C(=O)OC[C@H](C(C)CC)N(C)C)ccc1O.CCCCOc1cc(O)ccc1C(=O)OC[C@H](CC(C)C)N(CC)CC.CCCOc1cc(C(=O)OC[C@H](C(C)CC)N(CC)CC)ccc1O.CCCOc1cc(O)ccc1C(=O)OC[C@H](CC(C)C)N(C)C.CCN(CC)[C@H](COC(=O)c1c(C)cc(C)cc1C)C(C)C.CCN(CC)[C@H](COC(=O)c1ccc(N)cc1)C(C)C. The van der Waals surface area contributed by atoms with E-state index in [4.69, 9.17) is 53.1 Å². The molecule has 0 fully saturated rings. The quantitative estimate of drug-likeness (QED) is 0.0102. The number of hydrogen-bond donors (Lipinski definition) is 5. The van der Waals surface area contributed by atoms with Gasteiger partial charge in [-0.2, -0.15) is 0 Å². The van der Waals surface area contributed by atoms with Crippen molar-refractivity contribution in [1.82, 2.24) is 29.4 Å². The van der Waals surface area contributed by atoms with Crippen LogP contribution in [0.15, 0.2) is 109 Å². The molecule has 0 radical (unpaired) electrons. The summed E-state index contributed by atoms with van der Waals surface area (Å²) in [7, 11) is 7.95. The van der Waals surface area contributed by atoms with Crippen LogP contribution in [0.25, 0.3) is 0 Å². The van der Waals surface area contributed by atoms with Crippen LogP contribution in [0.1, 0.15) is 309 Å². The number of carbonyl (C=O) groups excluding carboxylic acids is 6. The maximum Gasteiger partial charge on any atom is 0.341 e. The normalized spacial score (nSPS) is 12.9. The second-order valence-corrected chi connectivity index (χ2v) is 37.7. The van der Waals surface area contributed by atoms with Crippen LogP contribution in [0.4, 0.5) is 5.69 Å². The minimum atomic E-state index is -0.424. The van der Waals surface area contributed by atoms with Gasteiger partial charge in [0.1, 0.15) is 73.8 Å². The van der Waals surface area contributed by atoms with Gasteiger partial charge in [0.25, 0.3) is 0 Å². The van der Waals surface area contributed by atoms with Crippen LogP contribution < -0.4 is 24.7 Å². The van der Waals surface area contributed by atoms with Crippen LogP contribution >= 0.6 is 0 Å². The maximum atomic E-state index is 12.6. The van der Waals surface area contributed by atoms with Gasteiger partial charge in [0.2, 0.25) is 0 Å². The molecule has 0 bridgehead atoms. The first kappa shape index (κ1) is 128. The Hall–Kier alpha value is -9.90. The summed E-state index contributed by atoms with van der Waals surface area (Å²) in [5.74, 6) is 2.31. The first-order chi connectivity index (χ1) is 66.4. The van der Waals surface area contributed by atoms with E-state index in [1.165, 1.54) is 48.0 Å². The standard InChI is InChI=1S/C21H35NO4.C20H33NO4.C19H31NO4.C19H31NO2.C18H29NO4.C16H26N2O2/c1-6-9-12-25-20-14-18(23)10-11-19(20)21(24)26-15-17(13-16(4)5)22(7-2)8-3;1-6-12-24-19-13-16(10-11-18(19)22)20(23)25-14-17(15(5)7-2)21(8-3)9-4;1-6-8-11-23-18-12-15(9-10-17(18)21)19(22)24-13-16(20(4)5)14(3)7-2;1-8-20(9-2)17(13(3)4)12-22-19(21)18-15(6)10-14(5)11-16(18)7;1-6-9-22-17-11-15(20)7-8-16(17)18(21)23-12-14(19(4)5)10-13(2)3;1-5-18(6-2)15(12(3)4)11-20-16(19)13-7-9-14(17)10-8-13/h10-11,14,16-17,23H,6-9,12-13,15H2,1-5H3;10-11,13,15,17,22H,6-9,12,14H2,1-5H3;9-10,12,14,16,21H,6-8,11,13H2,1-5H3;10-11,13,17H,8-9,12H2,1-7H3;7-8,11,13-14,20H,6,9-10,12H2,1-5H3;7-10,12,15H,5-6,11,17H2,1-4H3/t17-;15?,17-;14?,16-;17-;14-;15-/m011101/s1. The Balaban J connectivity index is 0.000000841. The average molecular weight is 1960 g/mol. The molecule has 27 nitrogen and oxygen atoms in total. The van der Waals surface area contributed by atoms with Crippen molar-refractivity contribution < 1.29 is 96.6 Å². The third-order valence-electron chi connectivity index (χ3n) is 24.8. The van der Waals surface area contributed by atoms with Gasteiger partial charge in [-0.05, 0) is 271 Å². The van der Waals surface area contributed by atoms with Crippen molar-refractivity contribution in [3.05, 3.63) is 159 Å². The number of aromatic hydroxyl groups is 4. The minimum Gasteiger partial charge on any atom is -0.508 e. The zero-order valence-electron chi connectivity index (χ0n) is 91.7. The lowest BCUT2D eigenvalue weighted by atomic mass is 9.98. The number of unbranched alkanes of at least 4 members (excludes halogenated alkanes) is 2. The third-order valence-corrected chi connectivity index (χ3v) is 24.8. The Morgan fingerprint density at radius 1 is 0.329 bits per heavy atom. The topological polar surface area (TPSA) is 321 Å². The number of ether oxygens (including phenoxy) is 10. The number of nitrogen functional groups attached to an aromatic ring is 1. The molecule has 6 rings (SSSR count). The minimum absolute atomic E-state index is 0.0330. The number of nitrogens with zero attached hydrogens (tertiary/aromatic N) is 6. The zero-order chi connectivity index (χ0) is 106. The number of phenolic OH excluding ortho intramolecular Hbond substituents is 4. The van der Waals surface area contributed by atoms with Crippen molar-refractivity contribution in [3.8, 4) is 46.0 Å². The number of rotatable bonds is 56. The van der Waals surface area contributed by atoms with Gasteiger partial charge in [0.05, 0.1) is 48.7 Å². The summed E-state index contributed by atoms with van der Waals surface area (Å²) >= 11 is 0. The van der Waals surface area contributed by atoms with Gasteiger partial charge in [0, 0.05) is 54.1 Å². The van der Waals surface area contributed by atoms with Crippen LogP contribution in [0.5, 0.6) is 46.0 Å². The van der Waals surface area contributed by atoms with Gasteiger partial charge >= 0.3 is 35.8 Å². The summed E-state index contributed by atoms with van der Waals surface area (Å²) in [4.78, 5) is 87.6. The number of likely N-dealkylation sites (N-methyl/N-ethyl adjacent to an activating group) is 6. The largest absolute Gasteiger partial charge is 0.508 e. The molecule has 0 aliphatic heterocycles. The molecule has 2 unspecified atom stereocenters. The van der Waals surface area contributed by atoms with E-state index in [-0.39, 0.29) is 77.2 Å². The van der Waals surface area contributed by atoms with E-state index >= 15 is 0 Å². The monoisotopic (exact) mass is 1960 g/mol. The molecule has 0 saturated heterocycles. The fourth-order valence-electron chi connectivity index (χ4n) is 15.9. The first-order valence-corrected chi connectivity index (χ1v) is 51.5. The van der Waals surface area contributed by atoms with Crippen molar-refractivity contribution in [2.24, 2.45) is 35.5 Å². The Labute approximate surface area is 843 Å². The van der Waals surface area contributed by atoms with E-state index in [0.717, 1.165) is 128 Å². The molecule has 27 heteroatoms. The number of nitrogens with two attached hydrogens (primary N) is 1. The first-order valence-electron chi connectivity index (χ1n) is 51.5. The molecule has 6 N–H and O–H groups in total. The predicted octanol–water partition coefficient (Wildman–Crippen LogP) is 22.5. The van der Waals surface area contributed by atoms with Gasteiger partial charge in [-0.3, -0.25) is 19.6 Å². The Morgan fingerprint density at radius 3 is 1.02 bits per heavy atom. The number of phenols is 4. The molecule has 0 aliphatic rings. The summed E-state index contributed by atoms with van der Waals surface area (Å²) in [6, 6.07) is 30.3. The van der Waals surface area contributed by atoms with Crippen molar-refractivity contribution in [2.75, 3.05) is 152 Å². The summed E-state index contributed by atoms with van der Waals surface area (Å²) < 4.78 is 55.5. The van der Waals surface area contributed by atoms with E-state index in [1.807, 2.05) is 74.9 Å². The second kappa shape index (κ2) is 71.5. The van der Waals surface area contributed by atoms with Crippen LogP contribution in [-0.2, 0) is 28.4 Å². The van der Waals surface area contributed by atoms with Gasteiger partial charge < -0.3 is 83.3 Å². The number of aryl methyl sites for hydroxylation is 3. The molecule has 6 aromatic rings. The number of carbonyl (C=O) groups is 6. The summed E-state index contributed by atoms with van der Waals surface area (Å²) in [6.45, 7) is 68.9. The van der Waals surface area contributed by atoms with Crippen molar-refractivity contribution in [2.45, 2.75) is 287 Å². The van der Waals surface area contributed by atoms with Crippen LogP contribution in [0.2, 0.25) is 0 Å². The third kappa shape index (κ3) is 47.8. The van der Waals surface area contributed by atoms with Crippen LogP contribution in [0, 0.1) is 56.3 Å². The molecule has 0 spiro atoms. The van der Waals surface area contributed by atoms with Gasteiger partial charge in [0.15, 0.2) is 23.0 Å². The maximum absolute atomic E-state index is 12.6. The smallest absolute Gasteiger partial charge is 0.341 e. The summed E-state index contributed by atoms with van der Waals surface area (Å²) in [5, 5.41) is 38.9. The summed E-state index contributed by atoms with van der Waals surface area (Å²) in [5.41, 5.74) is 12.2. The van der Waals surface area contributed by atoms with Gasteiger partial charge in [-0.25, -0.2) is 28.8 Å². The van der Waals surface area contributed by atoms with Gasteiger partial charge in [-0.15, -0.1) is 0 Å². The highest BCUT2D eigenvalue weighted by Crippen LogP contribution is 2.33. The highest BCUT2D eigenvalue weighted by molar-refractivity contribution is 5.95.